The Balaban J connectivity index is 2.27. The lowest BCUT2D eigenvalue weighted by molar-refractivity contribution is 0.709. The molecule has 0 bridgehead atoms. The number of nitrogens with two attached hydrogens (primary N) is 1. The number of hydrogen-bond donors (Lipinski definition) is 1. The molecule has 0 radical (unpaired) electrons. The van der Waals surface area contributed by atoms with E-state index in [0.29, 0.717) is 0 Å². The highest BCUT2D eigenvalue weighted by molar-refractivity contribution is 7.99. The summed E-state index contributed by atoms with van der Waals surface area (Å²) >= 11 is 1.72. The van der Waals surface area contributed by atoms with Crippen LogP contribution >= 0.6 is 11.8 Å². The molecule has 1 heterocycles. The second kappa shape index (κ2) is 5.59. The van der Waals surface area contributed by atoms with E-state index in [0.717, 1.165) is 5.16 Å². The van der Waals surface area contributed by atoms with Gasteiger partial charge in [0.25, 0.3) is 0 Å². The van der Waals surface area contributed by atoms with E-state index in [-0.39, 0.29) is 11.3 Å². The van der Waals surface area contributed by atoms with Gasteiger partial charge in [0.2, 0.25) is 0 Å². The fourth-order valence-corrected chi connectivity index (χ4v) is 2.98. The minimum Gasteiger partial charge on any atom is -0.329 e. The van der Waals surface area contributed by atoms with Crippen LogP contribution in [-0.2, 0) is 7.05 Å². The van der Waals surface area contributed by atoms with E-state index in [1.165, 1.54) is 11.1 Å². The Labute approximate surface area is 112 Å². The molecule has 0 aliphatic heterocycles. The van der Waals surface area contributed by atoms with E-state index in [9.17, 15) is 0 Å². The maximum atomic E-state index is 6.13. The van der Waals surface area contributed by atoms with Gasteiger partial charge in [-0.25, -0.2) is 4.98 Å². The van der Waals surface area contributed by atoms with Crippen molar-refractivity contribution >= 4 is 11.8 Å². The van der Waals surface area contributed by atoms with Crippen molar-refractivity contribution in [2.24, 2.45) is 12.8 Å². The summed E-state index contributed by atoms with van der Waals surface area (Å²) in [6.45, 7) is 4.15. The summed E-state index contributed by atoms with van der Waals surface area (Å²) in [5, 5.41) is 1.23. The molecule has 3 nitrogen and oxygen atoms in total. The van der Waals surface area contributed by atoms with E-state index in [2.05, 4.69) is 36.2 Å². The summed E-state index contributed by atoms with van der Waals surface area (Å²) < 4.78 is 2.02. The fraction of sp³-hybridized carbons (Fsp3) is 0.357. The molecule has 4 heteroatoms. The molecule has 2 atom stereocenters. The highest BCUT2D eigenvalue weighted by Gasteiger charge is 2.19. The molecule has 2 aromatic rings. The van der Waals surface area contributed by atoms with E-state index in [4.69, 9.17) is 5.73 Å². The molecule has 18 heavy (non-hydrogen) atoms. The molecule has 2 rings (SSSR count). The number of nitrogens with zero attached hydrogens (tertiary/aromatic N) is 2. The Morgan fingerprint density at radius 1 is 1.39 bits per heavy atom. The van der Waals surface area contributed by atoms with Gasteiger partial charge in [-0.15, -0.1) is 0 Å². The van der Waals surface area contributed by atoms with Gasteiger partial charge in [-0.2, -0.15) is 0 Å². The Morgan fingerprint density at radius 3 is 2.72 bits per heavy atom. The predicted octanol–water partition coefficient (Wildman–Crippen LogP) is 2.91. The molecule has 0 amide bonds. The standard InChI is InChI=1S/C14H19N3S/c1-10-5-4-6-12(9-10)13(11(2)15)18-14-16-7-8-17(14)3/h4-9,11,13H,15H2,1-3H3. The molecule has 2 unspecified atom stereocenters. The van der Waals surface area contributed by atoms with Crippen molar-refractivity contribution in [3.63, 3.8) is 0 Å². The van der Waals surface area contributed by atoms with Crippen LogP contribution < -0.4 is 5.73 Å². The SMILES string of the molecule is Cc1cccc(C(Sc2nccn2C)C(C)N)c1. The molecule has 0 saturated heterocycles. The number of hydrogen-bond acceptors (Lipinski definition) is 3. The minimum atomic E-state index is 0.0773. The molecular formula is C14H19N3S. The predicted molar refractivity (Wildman–Crippen MR) is 76.6 cm³/mol. The first-order valence-corrected chi connectivity index (χ1v) is 6.92. The van der Waals surface area contributed by atoms with Crippen LogP contribution in [0.2, 0.25) is 0 Å². The lowest BCUT2D eigenvalue weighted by atomic mass is 10.0. The van der Waals surface area contributed by atoms with Crippen molar-refractivity contribution in [1.29, 1.82) is 0 Å². The van der Waals surface area contributed by atoms with Crippen LogP contribution in [0.3, 0.4) is 0 Å². The topological polar surface area (TPSA) is 43.8 Å². The Bertz CT molecular complexity index is 519. The van der Waals surface area contributed by atoms with Crippen molar-refractivity contribution in [1.82, 2.24) is 9.55 Å². The van der Waals surface area contributed by atoms with E-state index in [1.54, 1.807) is 11.8 Å². The summed E-state index contributed by atoms with van der Waals surface area (Å²) in [6.07, 6.45) is 3.77. The molecular weight excluding hydrogens is 242 g/mol. The number of aromatic nitrogens is 2. The zero-order valence-corrected chi connectivity index (χ0v) is 11.8. The lowest BCUT2D eigenvalue weighted by Crippen LogP contribution is -2.23. The zero-order chi connectivity index (χ0) is 13.1. The molecule has 1 aromatic heterocycles. The molecule has 1 aromatic carbocycles. The second-order valence-electron chi connectivity index (χ2n) is 4.63. The van der Waals surface area contributed by atoms with E-state index >= 15 is 0 Å². The number of aryl methyl sites for hydroxylation is 2. The van der Waals surface area contributed by atoms with Crippen molar-refractivity contribution < 1.29 is 0 Å². The van der Waals surface area contributed by atoms with Crippen LogP contribution in [0.4, 0.5) is 0 Å². The largest absolute Gasteiger partial charge is 0.329 e. The second-order valence-corrected chi connectivity index (χ2v) is 5.74. The fourth-order valence-electron chi connectivity index (χ4n) is 1.91. The van der Waals surface area contributed by atoms with Crippen LogP contribution in [0.15, 0.2) is 41.8 Å². The molecule has 2 N–H and O–H groups in total. The van der Waals surface area contributed by atoms with Crippen molar-refractivity contribution in [3.05, 3.63) is 47.8 Å². The van der Waals surface area contributed by atoms with Crippen molar-refractivity contribution in [3.8, 4) is 0 Å². The maximum absolute atomic E-state index is 6.13. The van der Waals surface area contributed by atoms with Crippen LogP contribution in [0.25, 0.3) is 0 Å². The van der Waals surface area contributed by atoms with Gasteiger partial charge in [-0.3, -0.25) is 0 Å². The Morgan fingerprint density at radius 2 is 2.17 bits per heavy atom. The molecule has 0 aliphatic rings. The van der Waals surface area contributed by atoms with Crippen LogP contribution in [0.5, 0.6) is 0 Å². The third-order valence-electron chi connectivity index (χ3n) is 2.86. The molecule has 0 spiro atoms. The van der Waals surface area contributed by atoms with E-state index < -0.39 is 0 Å². The summed E-state index contributed by atoms with van der Waals surface area (Å²) in [6, 6.07) is 8.60. The molecule has 0 fully saturated rings. The quantitative estimate of drug-likeness (QED) is 0.861. The third kappa shape index (κ3) is 2.94. The van der Waals surface area contributed by atoms with Gasteiger partial charge < -0.3 is 10.3 Å². The zero-order valence-electron chi connectivity index (χ0n) is 11.0. The van der Waals surface area contributed by atoms with Crippen LogP contribution in [-0.4, -0.2) is 15.6 Å². The van der Waals surface area contributed by atoms with E-state index in [1.807, 2.05) is 30.9 Å². The number of imidazole rings is 1. The highest BCUT2D eigenvalue weighted by Crippen LogP contribution is 2.36. The average molecular weight is 261 g/mol. The monoisotopic (exact) mass is 261 g/mol. The summed E-state index contributed by atoms with van der Waals surface area (Å²) in [5.41, 5.74) is 8.65. The molecule has 96 valence electrons. The molecule has 0 saturated carbocycles. The molecule has 0 aliphatic carbocycles. The summed E-state index contributed by atoms with van der Waals surface area (Å²) in [5.74, 6) is 0. The first-order chi connectivity index (χ1) is 8.58. The maximum Gasteiger partial charge on any atom is 0.168 e. The normalized spacial score (nSPS) is 14.4. The first-order valence-electron chi connectivity index (χ1n) is 6.04. The van der Waals surface area contributed by atoms with Gasteiger partial charge in [0.05, 0.1) is 5.25 Å². The van der Waals surface area contributed by atoms with Crippen molar-refractivity contribution in [2.45, 2.75) is 30.3 Å². The number of thioether (sulfide) groups is 1. The first kappa shape index (κ1) is 13.2. The van der Waals surface area contributed by atoms with Gasteiger partial charge in [0, 0.05) is 25.5 Å². The van der Waals surface area contributed by atoms with Crippen LogP contribution in [0, 0.1) is 6.92 Å². The Hall–Kier alpha value is -1.26. The Kier molecular flexibility index (Phi) is 4.09. The third-order valence-corrected chi connectivity index (χ3v) is 4.42. The lowest BCUT2D eigenvalue weighted by Gasteiger charge is -2.20. The highest BCUT2D eigenvalue weighted by atomic mass is 32.2. The smallest absolute Gasteiger partial charge is 0.168 e. The summed E-state index contributed by atoms with van der Waals surface area (Å²) in [4.78, 5) is 4.36. The summed E-state index contributed by atoms with van der Waals surface area (Å²) in [7, 11) is 2.00. The number of rotatable bonds is 4. The van der Waals surface area contributed by atoms with Gasteiger partial charge in [0.15, 0.2) is 5.16 Å². The van der Waals surface area contributed by atoms with Gasteiger partial charge >= 0.3 is 0 Å². The minimum absolute atomic E-state index is 0.0773. The average Bonchev–Trinajstić information content (AvgIpc) is 2.71. The van der Waals surface area contributed by atoms with Crippen molar-refractivity contribution in [2.75, 3.05) is 0 Å². The van der Waals surface area contributed by atoms with Gasteiger partial charge in [-0.05, 0) is 19.4 Å². The van der Waals surface area contributed by atoms with Gasteiger partial charge in [0.1, 0.15) is 0 Å². The van der Waals surface area contributed by atoms with Gasteiger partial charge in [-0.1, -0.05) is 41.6 Å². The number of benzene rings is 1. The van der Waals surface area contributed by atoms with Crippen LogP contribution in [0.1, 0.15) is 23.3 Å².